The average Bonchev–Trinajstić information content (AvgIpc) is 2.74. The first-order valence-corrected chi connectivity index (χ1v) is 10.9. The zero-order valence-corrected chi connectivity index (χ0v) is 19.3. The molecule has 3 rings (SSSR count). The van der Waals surface area contributed by atoms with Crippen LogP contribution >= 0.6 is 34.2 Å². The molecule has 1 saturated heterocycles. The quantitative estimate of drug-likeness (QED) is 0.336. The normalized spacial score (nSPS) is 15.5. The number of anilines is 2. The van der Waals surface area contributed by atoms with Gasteiger partial charge in [0.2, 0.25) is 0 Å². The van der Waals surface area contributed by atoms with Gasteiger partial charge >= 0.3 is 0 Å². The number of benzene rings is 2. The maximum absolute atomic E-state index is 14.5. The van der Waals surface area contributed by atoms with Gasteiger partial charge < -0.3 is 15.2 Å². The standard InChI is InChI=1S/C20H21ClF2IN3O4/c21-15-9-12(24)1-4-17(15)25-19-14(2-3-16(22)18(19)23)20(29)26-31-11-13(28)10-27-5-7-30-8-6-27/h1-4,9,13,25,28H,5-8,10-11H2,(H,26,29). The van der Waals surface area contributed by atoms with Crippen molar-refractivity contribution < 1.29 is 28.3 Å². The smallest absolute Gasteiger partial charge is 0.277 e. The van der Waals surface area contributed by atoms with Crippen molar-refractivity contribution in [2.75, 3.05) is 44.8 Å². The van der Waals surface area contributed by atoms with Crippen molar-refractivity contribution in [2.45, 2.75) is 6.10 Å². The number of rotatable bonds is 8. The van der Waals surface area contributed by atoms with Crippen LogP contribution < -0.4 is 10.8 Å². The van der Waals surface area contributed by atoms with E-state index in [4.69, 9.17) is 21.2 Å². The molecule has 2 aromatic carbocycles. The molecule has 1 fully saturated rings. The van der Waals surface area contributed by atoms with E-state index in [0.29, 0.717) is 38.5 Å². The number of nitrogens with one attached hydrogen (secondary N) is 2. The van der Waals surface area contributed by atoms with Gasteiger partial charge in [0.15, 0.2) is 11.6 Å². The van der Waals surface area contributed by atoms with E-state index in [2.05, 4.69) is 33.4 Å². The van der Waals surface area contributed by atoms with Gasteiger partial charge in [0, 0.05) is 23.2 Å². The van der Waals surface area contributed by atoms with Gasteiger partial charge in [0.25, 0.3) is 5.91 Å². The number of hydrogen-bond donors (Lipinski definition) is 3. The number of ether oxygens (including phenoxy) is 1. The Hall–Kier alpha value is -1.57. The molecule has 1 atom stereocenters. The van der Waals surface area contributed by atoms with Crippen LogP contribution in [-0.4, -0.2) is 61.5 Å². The number of amides is 1. The lowest BCUT2D eigenvalue weighted by Crippen LogP contribution is -2.42. The second kappa shape index (κ2) is 11.3. The minimum absolute atomic E-state index is 0.168. The molecule has 0 aliphatic carbocycles. The summed E-state index contributed by atoms with van der Waals surface area (Å²) < 4.78 is 34.4. The van der Waals surface area contributed by atoms with E-state index in [1.54, 1.807) is 18.2 Å². The maximum atomic E-state index is 14.5. The van der Waals surface area contributed by atoms with Crippen molar-refractivity contribution in [1.82, 2.24) is 10.4 Å². The Kier molecular flexibility index (Phi) is 8.81. The zero-order chi connectivity index (χ0) is 22.4. The van der Waals surface area contributed by atoms with E-state index in [-0.39, 0.29) is 22.9 Å². The van der Waals surface area contributed by atoms with Gasteiger partial charge in [-0.25, -0.2) is 14.3 Å². The van der Waals surface area contributed by atoms with Crippen LogP contribution in [0.15, 0.2) is 30.3 Å². The second-order valence-electron chi connectivity index (χ2n) is 6.84. The fourth-order valence-electron chi connectivity index (χ4n) is 2.98. The van der Waals surface area contributed by atoms with E-state index < -0.39 is 23.6 Å². The van der Waals surface area contributed by atoms with Crippen LogP contribution in [0.3, 0.4) is 0 Å². The molecular formula is C20H21ClF2IN3O4. The summed E-state index contributed by atoms with van der Waals surface area (Å²) in [7, 11) is 0. The lowest BCUT2D eigenvalue weighted by Gasteiger charge is -2.28. The third-order valence-corrected chi connectivity index (χ3v) is 5.53. The summed E-state index contributed by atoms with van der Waals surface area (Å²) in [4.78, 5) is 19.6. The number of hydrogen-bond acceptors (Lipinski definition) is 6. The lowest BCUT2D eigenvalue weighted by atomic mass is 10.1. The first-order chi connectivity index (χ1) is 14.8. The minimum Gasteiger partial charge on any atom is -0.389 e. The molecule has 31 heavy (non-hydrogen) atoms. The van der Waals surface area contributed by atoms with Crippen molar-refractivity contribution in [3.05, 3.63) is 56.1 Å². The molecule has 0 radical (unpaired) electrons. The molecule has 3 N–H and O–H groups in total. The SMILES string of the molecule is O=C(NOCC(O)CN1CCOCC1)c1ccc(F)c(F)c1Nc1ccc(I)cc1Cl. The van der Waals surface area contributed by atoms with Crippen molar-refractivity contribution in [3.63, 3.8) is 0 Å². The highest BCUT2D eigenvalue weighted by atomic mass is 127. The Morgan fingerprint density at radius 1 is 1.29 bits per heavy atom. The largest absolute Gasteiger partial charge is 0.389 e. The first-order valence-electron chi connectivity index (χ1n) is 9.45. The van der Waals surface area contributed by atoms with Gasteiger partial charge in [0.1, 0.15) is 6.61 Å². The van der Waals surface area contributed by atoms with E-state index in [1.165, 1.54) is 0 Å². The van der Waals surface area contributed by atoms with Crippen LogP contribution in [0.25, 0.3) is 0 Å². The highest BCUT2D eigenvalue weighted by Crippen LogP contribution is 2.31. The van der Waals surface area contributed by atoms with Crippen LogP contribution in [-0.2, 0) is 9.57 Å². The third-order valence-electron chi connectivity index (χ3n) is 4.54. The summed E-state index contributed by atoms with van der Waals surface area (Å²) in [5.74, 6) is -3.15. The van der Waals surface area contributed by atoms with Gasteiger partial charge in [0.05, 0.1) is 41.3 Å². The monoisotopic (exact) mass is 567 g/mol. The van der Waals surface area contributed by atoms with Crippen molar-refractivity contribution in [3.8, 4) is 0 Å². The summed E-state index contributed by atoms with van der Waals surface area (Å²) in [6.45, 7) is 2.80. The molecule has 0 spiro atoms. The fraction of sp³-hybridized carbons (Fsp3) is 0.350. The summed E-state index contributed by atoms with van der Waals surface area (Å²) in [6.07, 6.45) is -0.841. The van der Waals surface area contributed by atoms with E-state index in [9.17, 15) is 18.7 Å². The van der Waals surface area contributed by atoms with Gasteiger partial charge in [-0.3, -0.25) is 14.5 Å². The fourth-order valence-corrected chi connectivity index (χ4v) is 3.88. The number of halogens is 4. The Bertz CT molecular complexity index is 932. The Morgan fingerprint density at radius 2 is 2.03 bits per heavy atom. The minimum atomic E-state index is -1.23. The Labute approximate surface area is 196 Å². The molecule has 1 amide bonds. The Morgan fingerprint density at radius 3 is 2.74 bits per heavy atom. The molecule has 7 nitrogen and oxygen atoms in total. The zero-order valence-electron chi connectivity index (χ0n) is 16.3. The summed E-state index contributed by atoms with van der Waals surface area (Å²) in [5.41, 5.74) is 1.91. The molecule has 11 heteroatoms. The van der Waals surface area contributed by atoms with Crippen LogP contribution in [0, 0.1) is 15.2 Å². The van der Waals surface area contributed by atoms with Crippen LogP contribution in [0.5, 0.6) is 0 Å². The summed E-state index contributed by atoms with van der Waals surface area (Å²) >= 11 is 8.22. The van der Waals surface area contributed by atoms with Crippen molar-refractivity contribution in [2.24, 2.45) is 0 Å². The van der Waals surface area contributed by atoms with Crippen molar-refractivity contribution in [1.29, 1.82) is 0 Å². The number of aliphatic hydroxyl groups excluding tert-OH is 1. The molecule has 0 saturated carbocycles. The molecule has 0 bridgehead atoms. The lowest BCUT2D eigenvalue weighted by molar-refractivity contribution is -0.0362. The van der Waals surface area contributed by atoms with Crippen molar-refractivity contribution >= 4 is 51.5 Å². The van der Waals surface area contributed by atoms with E-state index >= 15 is 0 Å². The van der Waals surface area contributed by atoms with Crippen LogP contribution in [0.2, 0.25) is 5.02 Å². The number of carbonyl (C=O) groups excluding carboxylic acids is 1. The second-order valence-corrected chi connectivity index (χ2v) is 8.49. The molecular weight excluding hydrogens is 547 g/mol. The highest BCUT2D eigenvalue weighted by Gasteiger charge is 2.21. The van der Waals surface area contributed by atoms with Gasteiger partial charge in [-0.15, -0.1) is 0 Å². The van der Waals surface area contributed by atoms with Gasteiger partial charge in [-0.1, -0.05) is 11.6 Å². The molecule has 1 aliphatic rings. The van der Waals surface area contributed by atoms with Gasteiger partial charge in [-0.05, 0) is 52.9 Å². The molecule has 2 aromatic rings. The number of morpholine rings is 1. The predicted molar refractivity (Wildman–Crippen MR) is 120 cm³/mol. The number of β-amino-alcohol motifs (C(OH)–C–C–N with tert-alkyl or cyclic N) is 1. The summed E-state index contributed by atoms with van der Waals surface area (Å²) in [5, 5.41) is 13.0. The maximum Gasteiger partial charge on any atom is 0.277 e. The number of carbonyl (C=O) groups is 1. The molecule has 1 unspecified atom stereocenters. The number of nitrogens with zero attached hydrogens (tertiary/aromatic N) is 1. The predicted octanol–water partition coefficient (Wildman–Crippen LogP) is 3.32. The molecule has 168 valence electrons. The summed E-state index contributed by atoms with van der Waals surface area (Å²) in [6, 6.07) is 6.93. The topological polar surface area (TPSA) is 83.1 Å². The third kappa shape index (κ3) is 6.70. The van der Waals surface area contributed by atoms with Crippen LogP contribution in [0.1, 0.15) is 10.4 Å². The molecule has 1 heterocycles. The first kappa shape index (κ1) is 24.1. The number of aliphatic hydroxyl groups is 1. The Balaban J connectivity index is 1.64. The average molecular weight is 568 g/mol. The highest BCUT2D eigenvalue weighted by molar-refractivity contribution is 14.1. The number of hydroxylamine groups is 1. The van der Waals surface area contributed by atoms with Crippen LogP contribution in [0.4, 0.5) is 20.2 Å². The van der Waals surface area contributed by atoms with E-state index in [0.717, 1.165) is 15.7 Å². The molecule has 0 aromatic heterocycles. The van der Waals surface area contributed by atoms with E-state index in [1.807, 2.05) is 4.90 Å². The van der Waals surface area contributed by atoms with Gasteiger partial charge in [-0.2, -0.15) is 0 Å². The molecule has 1 aliphatic heterocycles.